The lowest BCUT2D eigenvalue weighted by molar-refractivity contribution is -0.159. The van der Waals surface area contributed by atoms with E-state index in [-0.39, 0.29) is 0 Å². The molecule has 1 atom stereocenters. The molecular weight excluding hydrogens is 192 g/mol. The molecule has 2 aliphatic rings. The summed E-state index contributed by atoms with van der Waals surface area (Å²) in [5, 5.41) is 0. The van der Waals surface area contributed by atoms with Gasteiger partial charge in [-0.05, 0) is 25.7 Å². The zero-order chi connectivity index (χ0) is 10.6. The Balaban J connectivity index is 1.61. The summed E-state index contributed by atoms with van der Waals surface area (Å²) in [6, 6.07) is 0. The molecule has 15 heavy (non-hydrogen) atoms. The van der Waals surface area contributed by atoms with Crippen molar-refractivity contribution in [1.82, 2.24) is 0 Å². The average molecular weight is 214 g/mol. The molecule has 0 N–H and O–H groups in total. The van der Waals surface area contributed by atoms with E-state index in [9.17, 15) is 0 Å². The molecule has 88 valence electrons. The van der Waals surface area contributed by atoms with Gasteiger partial charge in [0, 0.05) is 12.0 Å². The molecule has 2 saturated heterocycles. The van der Waals surface area contributed by atoms with Crippen molar-refractivity contribution in [3.05, 3.63) is 0 Å². The Hall–Kier alpha value is -0.120. The molecule has 0 amide bonds. The van der Waals surface area contributed by atoms with Crippen molar-refractivity contribution in [1.29, 1.82) is 0 Å². The van der Waals surface area contributed by atoms with Gasteiger partial charge in [-0.15, -0.1) is 0 Å². The smallest absolute Gasteiger partial charge is 0.0808 e. The van der Waals surface area contributed by atoms with Crippen molar-refractivity contribution in [2.24, 2.45) is 5.41 Å². The highest BCUT2D eigenvalue weighted by molar-refractivity contribution is 4.84. The highest BCUT2D eigenvalue weighted by atomic mass is 16.5. The van der Waals surface area contributed by atoms with Gasteiger partial charge >= 0.3 is 0 Å². The third kappa shape index (κ3) is 2.92. The standard InChI is InChI=1S/C12H22O3/c1-2-12(9-14-10-12)8-13-7-11-5-3-4-6-15-11/h11H,2-10H2,1H3. The maximum atomic E-state index is 5.77. The Kier molecular flexibility index (Phi) is 4.00. The molecule has 2 rings (SSSR count). The number of hydrogen-bond acceptors (Lipinski definition) is 3. The van der Waals surface area contributed by atoms with Crippen molar-refractivity contribution in [3.63, 3.8) is 0 Å². The Morgan fingerprint density at radius 2 is 2.20 bits per heavy atom. The van der Waals surface area contributed by atoms with Gasteiger partial charge < -0.3 is 14.2 Å². The van der Waals surface area contributed by atoms with Crippen molar-refractivity contribution in [2.75, 3.05) is 33.0 Å². The minimum Gasteiger partial charge on any atom is -0.380 e. The summed E-state index contributed by atoms with van der Waals surface area (Å²) >= 11 is 0. The molecule has 3 nitrogen and oxygen atoms in total. The molecule has 0 bridgehead atoms. The highest BCUT2D eigenvalue weighted by Gasteiger charge is 2.37. The normalized spacial score (nSPS) is 29.8. The van der Waals surface area contributed by atoms with Crippen LogP contribution in [0, 0.1) is 5.41 Å². The maximum Gasteiger partial charge on any atom is 0.0808 e. The van der Waals surface area contributed by atoms with Crippen LogP contribution >= 0.6 is 0 Å². The van der Waals surface area contributed by atoms with Crippen LogP contribution in [0.25, 0.3) is 0 Å². The number of ether oxygens (including phenoxy) is 3. The Morgan fingerprint density at radius 1 is 1.33 bits per heavy atom. The Bertz CT molecular complexity index is 178. The predicted octanol–water partition coefficient (Wildman–Crippen LogP) is 2.00. The van der Waals surface area contributed by atoms with Crippen LogP contribution in [0.4, 0.5) is 0 Å². The van der Waals surface area contributed by atoms with E-state index in [2.05, 4.69) is 6.92 Å². The van der Waals surface area contributed by atoms with E-state index in [1.54, 1.807) is 0 Å². The average Bonchev–Trinajstić information content (AvgIpc) is 2.24. The third-order valence-electron chi connectivity index (χ3n) is 3.55. The molecule has 0 aromatic heterocycles. The second-order valence-corrected chi connectivity index (χ2v) is 4.85. The Labute approximate surface area is 92.1 Å². The molecule has 2 aliphatic heterocycles. The second kappa shape index (κ2) is 5.28. The van der Waals surface area contributed by atoms with Crippen LogP contribution in [0.5, 0.6) is 0 Å². The summed E-state index contributed by atoms with van der Waals surface area (Å²) in [5.74, 6) is 0. The SMILES string of the molecule is CCC1(COCC2CCCCO2)COC1. The van der Waals surface area contributed by atoms with Crippen LogP contribution in [-0.4, -0.2) is 39.1 Å². The second-order valence-electron chi connectivity index (χ2n) is 4.85. The summed E-state index contributed by atoms with van der Waals surface area (Å²) in [5.41, 5.74) is 0.314. The molecule has 2 fully saturated rings. The molecular formula is C12H22O3. The largest absolute Gasteiger partial charge is 0.380 e. The molecule has 0 radical (unpaired) electrons. The van der Waals surface area contributed by atoms with Crippen LogP contribution in [0.15, 0.2) is 0 Å². The fraction of sp³-hybridized carbons (Fsp3) is 1.00. The fourth-order valence-corrected chi connectivity index (χ4v) is 2.13. The minimum atomic E-state index is 0.314. The Morgan fingerprint density at radius 3 is 2.73 bits per heavy atom. The van der Waals surface area contributed by atoms with E-state index in [0.717, 1.165) is 45.9 Å². The van der Waals surface area contributed by atoms with E-state index < -0.39 is 0 Å². The van der Waals surface area contributed by atoms with Crippen LogP contribution in [0.1, 0.15) is 32.6 Å². The summed E-state index contributed by atoms with van der Waals surface area (Å²) in [7, 11) is 0. The van der Waals surface area contributed by atoms with Gasteiger partial charge in [-0.3, -0.25) is 0 Å². The summed E-state index contributed by atoms with van der Waals surface area (Å²) < 4.78 is 16.6. The zero-order valence-electron chi connectivity index (χ0n) is 9.67. The lowest BCUT2D eigenvalue weighted by atomic mass is 9.84. The summed E-state index contributed by atoms with van der Waals surface area (Å²) in [6.07, 6.45) is 5.15. The first-order chi connectivity index (χ1) is 7.35. The molecule has 0 aromatic rings. The van der Waals surface area contributed by atoms with Crippen LogP contribution in [0.2, 0.25) is 0 Å². The van der Waals surface area contributed by atoms with Crippen LogP contribution in [-0.2, 0) is 14.2 Å². The summed E-state index contributed by atoms with van der Waals surface area (Å²) in [4.78, 5) is 0. The van der Waals surface area contributed by atoms with Gasteiger partial charge in [0.1, 0.15) is 0 Å². The monoisotopic (exact) mass is 214 g/mol. The van der Waals surface area contributed by atoms with E-state index in [0.29, 0.717) is 11.5 Å². The quantitative estimate of drug-likeness (QED) is 0.700. The van der Waals surface area contributed by atoms with Gasteiger partial charge in [0.05, 0.1) is 32.5 Å². The molecule has 3 heteroatoms. The van der Waals surface area contributed by atoms with Gasteiger partial charge in [-0.25, -0.2) is 0 Å². The van der Waals surface area contributed by atoms with Gasteiger partial charge in [0.2, 0.25) is 0 Å². The van der Waals surface area contributed by atoms with Crippen LogP contribution < -0.4 is 0 Å². The van der Waals surface area contributed by atoms with E-state index in [1.165, 1.54) is 12.8 Å². The topological polar surface area (TPSA) is 27.7 Å². The fourth-order valence-electron chi connectivity index (χ4n) is 2.13. The lowest BCUT2D eigenvalue weighted by Crippen LogP contribution is -2.46. The van der Waals surface area contributed by atoms with Crippen molar-refractivity contribution in [3.8, 4) is 0 Å². The first kappa shape index (κ1) is 11.4. The molecule has 0 saturated carbocycles. The highest BCUT2D eigenvalue weighted by Crippen LogP contribution is 2.31. The zero-order valence-corrected chi connectivity index (χ0v) is 9.67. The summed E-state index contributed by atoms with van der Waals surface area (Å²) in [6.45, 7) is 6.47. The van der Waals surface area contributed by atoms with Crippen molar-refractivity contribution in [2.45, 2.75) is 38.7 Å². The number of rotatable bonds is 5. The van der Waals surface area contributed by atoms with E-state index in [4.69, 9.17) is 14.2 Å². The van der Waals surface area contributed by atoms with Gasteiger partial charge in [-0.2, -0.15) is 0 Å². The van der Waals surface area contributed by atoms with Crippen molar-refractivity contribution >= 4 is 0 Å². The molecule has 2 heterocycles. The van der Waals surface area contributed by atoms with Gasteiger partial charge in [-0.1, -0.05) is 6.92 Å². The lowest BCUT2D eigenvalue weighted by Gasteiger charge is -2.40. The molecule has 0 aliphatic carbocycles. The third-order valence-corrected chi connectivity index (χ3v) is 3.55. The van der Waals surface area contributed by atoms with Crippen LogP contribution in [0.3, 0.4) is 0 Å². The minimum absolute atomic E-state index is 0.314. The van der Waals surface area contributed by atoms with Gasteiger partial charge in [0.25, 0.3) is 0 Å². The van der Waals surface area contributed by atoms with Crippen molar-refractivity contribution < 1.29 is 14.2 Å². The van der Waals surface area contributed by atoms with Gasteiger partial charge in [0.15, 0.2) is 0 Å². The molecule has 0 aromatic carbocycles. The first-order valence-electron chi connectivity index (χ1n) is 6.12. The molecule has 0 spiro atoms. The van der Waals surface area contributed by atoms with E-state index in [1.807, 2.05) is 0 Å². The number of hydrogen-bond donors (Lipinski definition) is 0. The maximum absolute atomic E-state index is 5.77. The predicted molar refractivity (Wildman–Crippen MR) is 58.0 cm³/mol. The van der Waals surface area contributed by atoms with E-state index >= 15 is 0 Å². The first-order valence-corrected chi connectivity index (χ1v) is 6.12. The molecule has 1 unspecified atom stereocenters.